The summed E-state index contributed by atoms with van der Waals surface area (Å²) >= 11 is 0. The molecule has 0 N–H and O–H groups in total. The lowest BCUT2D eigenvalue weighted by Gasteiger charge is -2.03. The van der Waals surface area contributed by atoms with Crippen molar-refractivity contribution in [1.29, 1.82) is 0 Å². The van der Waals surface area contributed by atoms with Crippen molar-refractivity contribution >= 4 is 0 Å². The van der Waals surface area contributed by atoms with Gasteiger partial charge in [0, 0.05) is 6.92 Å². The van der Waals surface area contributed by atoms with Crippen LogP contribution < -0.4 is 0 Å². The van der Waals surface area contributed by atoms with Crippen LogP contribution in [0, 0.1) is 0 Å². The third-order valence-electron chi connectivity index (χ3n) is 1.71. The highest BCUT2D eigenvalue weighted by atomic mass is 16.7. The van der Waals surface area contributed by atoms with Crippen LogP contribution in [0.2, 0.25) is 0 Å². The predicted molar refractivity (Wildman–Crippen MR) is 48.3 cm³/mol. The summed E-state index contributed by atoms with van der Waals surface area (Å²) in [6.07, 6.45) is 3.39. The first kappa shape index (κ1) is 8.91. The minimum atomic E-state index is -0.158. The van der Waals surface area contributed by atoms with Gasteiger partial charge in [-0.2, -0.15) is 0 Å². The van der Waals surface area contributed by atoms with E-state index in [1.807, 2.05) is 26.8 Å². The van der Waals surface area contributed by atoms with E-state index in [0.29, 0.717) is 0 Å². The summed E-state index contributed by atoms with van der Waals surface area (Å²) in [5.41, 5.74) is 2.15. The molecule has 0 aromatic heterocycles. The van der Waals surface area contributed by atoms with Crippen molar-refractivity contribution in [3.05, 3.63) is 35.8 Å². The second-order valence-electron chi connectivity index (χ2n) is 2.95. The summed E-state index contributed by atoms with van der Waals surface area (Å²) in [5.74, 6) is 0.767. The molecule has 0 spiro atoms. The van der Waals surface area contributed by atoms with Gasteiger partial charge in [0.05, 0.1) is 0 Å². The summed E-state index contributed by atoms with van der Waals surface area (Å²) in [7, 11) is 0. The third kappa shape index (κ3) is 2.16. The van der Waals surface area contributed by atoms with Crippen molar-refractivity contribution in [2.24, 2.45) is 0 Å². The fourth-order valence-electron chi connectivity index (χ4n) is 0.815. The Labute approximate surface area is 73.2 Å². The molecule has 0 saturated heterocycles. The van der Waals surface area contributed by atoms with Crippen LogP contribution in [-0.2, 0) is 9.47 Å². The molecule has 1 aliphatic rings. The molecule has 1 heterocycles. The zero-order chi connectivity index (χ0) is 9.14. The number of hydrogen-bond acceptors (Lipinski definition) is 2. The smallest absolute Gasteiger partial charge is 0.237 e. The van der Waals surface area contributed by atoms with Gasteiger partial charge in [-0.3, -0.25) is 0 Å². The Bertz CT molecular complexity index is 249. The molecule has 0 amide bonds. The van der Waals surface area contributed by atoms with E-state index in [1.54, 1.807) is 6.26 Å². The van der Waals surface area contributed by atoms with E-state index in [9.17, 15) is 0 Å². The fourth-order valence-corrected chi connectivity index (χ4v) is 0.815. The van der Waals surface area contributed by atoms with Gasteiger partial charge in [0.15, 0.2) is 5.76 Å². The van der Waals surface area contributed by atoms with Crippen LogP contribution in [0.1, 0.15) is 20.8 Å². The van der Waals surface area contributed by atoms with Gasteiger partial charge < -0.3 is 9.47 Å². The first-order valence-electron chi connectivity index (χ1n) is 3.96. The number of ether oxygens (including phenoxy) is 2. The Morgan fingerprint density at radius 1 is 1.58 bits per heavy atom. The standard InChI is InChI=1S/C10H14O2/c1-7(2)8(3)5-10-6-11-9(4)12-10/h5-6,9H,1H2,2-4H3/b8-5-. The minimum absolute atomic E-state index is 0.158. The fraction of sp³-hybridized carbons (Fsp3) is 0.400. The first-order valence-corrected chi connectivity index (χ1v) is 3.96. The van der Waals surface area contributed by atoms with E-state index < -0.39 is 0 Å². The summed E-state index contributed by atoms with van der Waals surface area (Å²) in [6, 6.07) is 0. The molecule has 0 aromatic carbocycles. The molecule has 1 rings (SSSR count). The highest BCUT2D eigenvalue weighted by Gasteiger charge is 2.11. The van der Waals surface area contributed by atoms with Crippen LogP contribution in [-0.4, -0.2) is 6.29 Å². The molecule has 1 aliphatic heterocycles. The highest BCUT2D eigenvalue weighted by Crippen LogP contribution is 2.17. The maximum Gasteiger partial charge on any atom is 0.237 e. The van der Waals surface area contributed by atoms with Crippen LogP contribution in [0.4, 0.5) is 0 Å². The van der Waals surface area contributed by atoms with Gasteiger partial charge in [-0.05, 0) is 25.5 Å². The second kappa shape index (κ2) is 3.48. The summed E-state index contributed by atoms with van der Waals surface area (Å²) in [6.45, 7) is 9.64. The normalized spacial score (nSPS) is 22.8. The monoisotopic (exact) mass is 166 g/mol. The number of rotatable bonds is 2. The molecule has 0 aliphatic carbocycles. The van der Waals surface area contributed by atoms with Gasteiger partial charge >= 0.3 is 0 Å². The van der Waals surface area contributed by atoms with Crippen molar-refractivity contribution in [2.75, 3.05) is 0 Å². The van der Waals surface area contributed by atoms with Crippen LogP contribution in [0.3, 0.4) is 0 Å². The van der Waals surface area contributed by atoms with Gasteiger partial charge in [0.2, 0.25) is 6.29 Å². The highest BCUT2D eigenvalue weighted by molar-refractivity contribution is 5.30. The molecule has 0 fully saturated rings. The Hall–Kier alpha value is -1.18. The molecule has 12 heavy (non-hydrogen) atoms. The molecule has 0 aromatic rings. The van der Waals surface area contributed by atoms with Crippen LogP contribution in [0.25, 0.3) is 0 Å². The average molecular weight is 166 g/mol. The lowest BCUT2D eigenvalue weighted by atomic mass is 10.1. The topological polar surface area (TPSA) is 18.5 Å². The zero-order valence-corrected chi connectivity index (χ0v) is 7.76. The van der Waals surface area contributed by atoms with E-state index in [-0.39, 0.29) is 6.29 Å². The van der Waals surface area contributed by atoms with Gasteiger partial charge in [-0.1, -0.05) is 12.2 Å². The first-order chi connectivity index (χ1) is 5.59. The second-order valence-corrected chi connectivity index (χ2v) is 2.95. The lowest BCUT2D eigenvalue weighted by molar-refractivity contribution is -0.0119. The molecule has 2 nitrogen and oxygen atoms in total. The number of hydrogen-bond donors (Lipinski definition) is 0. The van der Waals surface area contributed by atoms with E-state index in [2.05, 4.69) is 6.58 Å². The third-order valence-corrected chi connectivity index (χ3v) is 1.71. The van der Waals surface area contributed by atoms with Gasteiger partial charge in [-0.25, -0.2) is 0 Å². The van der Waals surface area contributed by atoms with Crippen LogP contribution in [0.5, 0.6) is 0 Å². The zero-order valence-electron chi connectivity index (χ0n) is 7.76. The molecule has 0 bridgehead atoms. The largest absolute Gasteiger partial charge is 0.459 e. The maximum atomic E-state index is 5.30. The van der Waals surface area contributed by atoms with Crippen molar-refractivity contribution in [3.8, 4) is 0 Å². The lowest BCUT2D eigenvalue weighted by Crippen LogP contribution is -1.99. The molecular weight excluding hydrogens is 152 g/mol. The van der Waals surface area contributed by atoms with Crippen LogP contribution >= 0.6 is 0 Å². The van der Waals surface area contributed by atoms with E-state index in [1.165, 1.54) is 0 Å². The molecule has 1 atom stereocenters. The molecule has 0 radical (unpaired) electrons. The summed E-state index contributed by atoms with van der Waals surface area (Å²) in [4.78, 5) is 0. The molecule has 66 valence electrons. The van der Waals surface area contributed by atoms with Gasteiger partial charge in [0.1, 0.15) is 6.26 Å². The Balaban J connectivity index is 2.62. The molecular formula is C10H14O2. The molecule has 0 saturated carbocycles. The van der Waals surface area contributed by atoms with E-state index >= 15 is 0 Å². The van der Waals surface area contributed by atoms with Gasteiger partial charge in [-0.15, -0.1) is 0 Å². The van der Waals surface area contributed by atoms with Crippen molar-refractivity contribution < 1.29 is 9.47 Å². The van der Waals surface area contributed by atoms with Crippen molar-refractivity contribution in [2.45, 2.75) is 27.1 Å². The van der Waals surface area contributed by atoms with E-state index in [4.69, 9.17) is 9.47 Å². The van der Waals surface area contributed by atoms with Crippen LogP contribution in [0.15, 0.2) is 35.8 Å². The summed E-state index contributed by atoms with van der Waals surface area (Å²) < 4.78 is 10.4. The Morgan fingerprint density at radius 3 is 2.67 bits per heavy atom. The summed E-state index contributed by atoms with van der Waals surface area (Å²) in [5, 5.41) is 0. The predicted octanol–water partition coefficient (Wildman–Crippen LogP) is 2.74. The van der Waals surface area contributed by atoms with Gasteiger partial charge in [0.25, 0.3) is 0 Å². The Morgan fingerprint density at radius 2 is 2.25 bits per heavy atom. The maximum absolute atomic E-state index is 5.30. The molecule has 2 heteroatoms. The number of allylic oxidation sites excluding steroid dienone is 3. The Kier molecular flexibility index (Phi) is 2.58. The molecule has 1 unspecified atom stereocenters. The quantitative estimate of drug-likeness (QED) is 0.587. The van der Waals surface area contributed by atoms with E-state index in [0.717, 1.165) is 16.9 Å². The minimum Gasteiger partial charge on any atom is -0.459 e. The van der Waals surface area contributed by atoms with Crippen molar-refractivity contribution in [1.82, 2.24) is 0 Å². The SMILES string of the molecule is C=C(C)/C(C)=C\C1=COC(C)O1. The van der Waals surface area contributed by atoms with Crippen molar-refractivity contribution in [3.63, 3.8) is 0 Å². The average Bonchev–Trinajstić information content (AvgIpc) is 2.35.